The van der Waals surface area contributed by atoms with Crippen LogP contribution in [-0.2, 0) is 24.0 Å². The largest absolute Gasteiger partial charge is 0.479 e. The smallest absolute Gasteiger partial charge is 0.330 e. The fourth-order valence-corrected chi connectivity index (χ4v) is 3.35. The van der Waals surface area contributed by atoms with Crippen molar-refractivity contribution in [2.24, 2.45) is 0 Å². The normalized spacial score (nSPS) is 14.2. The fourth-order valence-electron chi connectivity index (χ4n) is 3.35. The second kappa shape index (κ2) is 10.5. The Morgan fingerprint density at radius 2 is 1.51 bits per heavy atom. The van der Waals surface area contributed by atoms with E-state index in [4.69, 9.17) is 9.47 Å². The van der Waals surface area contributed by atoms with Gasteiger partial charge in [-0.3, -0.25) is 24.1 Å². The van der Waals surface area contributed by atoms with Crippen molar-refractivity contribution < 1.29 is 43.3 Å². The predicted octanol–water partition coefficient (Wildman–Crippen LogP) is 1.25. The zero-order valence-electron chi connectivity index (χ0n) is 18.7. The average molecular weight is 483 g/mol. The summed E-state index contributed by atoms with van der Waals surface area (Å²) in [6.07, 6.45) is 0. The minimum Gasteiger partial charge on any atom is -0.479 e. The van der Waals surface area contributed by atoms with E-state index < -0.39 is 41.8 Å². The fraction of sp³-hybridized carbons (Fsp3) is 0.217. The summed E-state index contributed by atoms with van der Waals surface area (Å²) < 4.78 is 10.0. The molecule has 12 nitrogen and oxygen atoms in total. The average Bonchev–Trinajstić information content (AvgIpc) is 2.80. The van der Waals surface area contributed by atoms with Crippen LogP contribution in [-0.4, -0.2) is 58.8 Å². The molecule has 2 N–H and O–H groups in total. The zero-order chi connectivity index (χ0) is 25.7. The summed E-state index contributed by atoms with van der Waals surface area (Å²) >= 11 is 0. The molecule has 182 valence electrons. The Hall–Kier alpha value is -4.74. The highest BCUT2D eigenvalue weighted by Gasteiger charge is 2.38. The number of anilines is 1. The Bertz CT molecular complexity index is 1200. The van der Waals surface area contributed by atoms with Gasteiger partial charge in [0.2, 0.25) is 0 Å². The van der Waals surface area contributed by atoms with Crippen molar-refractivity contribution in [2.75, 3.05) is 18.0 Å². The van der Waals surface area contributed by atoms with Gasteiger partial charge >= 0.3 is 35.8 Å². The number of benzene rings is 2. The molecular weight excluding hydrogens is 462 g/mol. The van der Waals surface area contributed by atoms with Gasteiger partial charge in [-0.2, -0.15) is 0 Å². The van der Waals surface area contributed by atoms with Gasteiger partial charge in [-0.15, -0.1) is 0 Å². The van der Waals surface area contributed by atoms with E-state index in [1.807, 2.05) is 0 Å². The number of rotatable bonds is 6. The zero-order valence-corrected chi connectivity index (χ0v) is 18.7. The third-order valence-corrected chi connectivity index (χ3v) is 4.86. The van der Waals surface area contributed by atoms with E-state index in [2.05, 4.69) is 5.32 Å². The third-order valence-electron chi connectivity index (χ3n) is 4.86. The maximum absolute atomic E-state index is 12.8. The van der Waals surface area contributed by atoms with E-state index in [-0.39, 0.29) is 35.8 Å². The van der Waals surface area contributed by atoms with Crippen LogP contribution < -0.4 is 19.7 Å². The quantitative estimate of drug-likeness (QED) is 0.350. The Morgan fingerprint density at radius 3 is 2.11 bits per heavy atom. The highest BCUT2D eigenvalue weighted by molar-refractivity contribution is 6.43. The molecule has 1 fully saturated rings. The topological polar surface area (TPSA) is 160 Å². The molecule has 1 heterocycles. The summed E-state index contributed by atoms with van der Waals surface area (Å²) in [6.45, 7) is 1.94. The van der Waals surface area contributed by atoms with Crippen LogP contribution >= 0.6 is 0 Å². The van der Waals surface area contributed by atoms with Gasteiger partial charge in [0.1, 0.15) is 0 Å². The highest BCUT2D eigenvalue weighted by Crippen LogP contribution is 2.33. The molecule has 1 aliphatic heterocycles. The highest BCUT2D eigenvalue weighted by atomic mass is 16.6. The number of carboxylic acids is 1. The number of carboxylic acid groups (broad SMARTS) is 1. The van der Waals surface area contributed by atoms with Crippen LogP contribution in [0.15, 0.2) is 48.5 Å². The van der Waals surface area contributed by atoms with Crippen LogP contribution in [0.2, 0.25) is 0 Å². The molecule has 0 radical (unpaired) electrons. The van der Waals surface area contributed by atoms with Crippen molar-refractivity contribution in [3.8, 4) is 11.5 Å². The van der Waals surface area contributed by atoms with Crippen LogP contribution in [0.4, 0.5) is 10.5 Å². The second-order valence-electron chi connectivity index (χ2n) is 7.36. The van der Waals surface area contributed by atoms with Gasteiger partial charge in [-0.1, -0.05) is 30.3 Å². The summed E-state index contributed by atoms with van der Waals surface area (Å²) in [5.74, 6) is -5.14. The number of hydrogen-bond donors (Lipinski definition) is 2. The number of carbonyl (C=O) groups excluding carboxylic acids is 5. The van der Waals surface area contributed by atoms with E-state index in [9.17, 15) is 33.9 Å². The molecule has 35 heavy (non-hydrogen) atoms. The number of nitrogens with one attached hydrogen (secondary N) is 1. The number of urea groups is 1. The Morgan fingerprint density at radius 1 is 0.886 bits per heavy atom. The molecule has 12 heteroatoms. The van der Waals surface area contributed by atoms with Crippen LogP contribution in [0.3, 0.4) is 0 Å². The summed E-state index contributed by atoms with van der Waals surface area (Å²) in [5, 5.41) is 11.7. The molecule has 2 aromatic carbocycles. The van der Waals surface area contributed by atoms with Gasteiger partial charge in [0.05, 0.1) is 0 Å². The van der Waals surface area contributed by atoms with Gasteiger partial charge in [-0.25, -0.2) is 9.59 Å². The predicted molar refractivity (Wildman–Crippen MR) is 118 cm³/mol. The van der Waals surface area contributed by atoms with E-state index in [0.717, 1.165) is 18.7 Å². The van der Waals surface area contributed by atoms with Crippen molar-refractivity contribution in [1.29, 1.82) is 0 Å². The van der Waals surface area contributed by atoms with Crippen molar-refractivity contribution in [3.05, 3.63) is 54.1 Å². The number of hydrogen-bond acceptors (Lipinski definition) is 8. The first kappa shape index (κ1) is 24.9. The number of nitrogens with zero attached hydrogens (tertiary/aromatic N) is 2. The van der Waals surface area contributed by atoms with Gasteiger partial charge in [0.25, 0.3) is 0 Å². The summed E-state index contributed by atoms with van der Waals surface area (Å²) in [5.41, 5.74) is 0.444. The summed E-state index contributed by atoms with van der Waals surface area (Å²) in [7, 11) is 0. The van der Waals surface area contributed by atoms with E-state index in [0.29, 0.717) is 4.90 Å². The molecule has 1 atom stereocenters. The number of imide groups is 1. The molecule has 1 saturated heterocycles. The van der Waals surface area contributed by atoms with Gasteiger partial charge < -0.3 is 24.8 Å². The minimum absolute atomic E-state index is 0.0612. The lowest BCUT2D eigenvalue weighted by molar-refractivity contribution is -0.144. The molecule has 0 bridgehead atoms. The lowest BCUT2D eigenvalue weighted by Gasteiger charge is -2.33. The maximum Gasteiger partial charge on any atom is 0.330 e. The first-order chi connectivity index (χ1) is 16.6. The molecule has 1 aliphatic rings. The molecule has 4 amide bonds. The van der Waals surface area contributed by atoms with Crippen LogP contribution in [0, 0.1) is 0 Å². The Labute approximate surface area is 199 Å². The standard InChI is InChI=1S/C23H21N3O9/c1-13(27)34-17-9-8-16(12-18(17)35-14(2)28)25-10-11-26(21(30)20(25)29)23(33)24-19(22(31)32)15-6-4-3-5-7-15/h3-9,12,19H,10-11H2,1-2H3,(H,24,33)(H,31,32). The number of amides is 4. The van der Waals surface area contributed by atoms with Crippen LogP contribution in [0.25, 0.3) is 0 Å². The van der Waals surface area contributed by atoms with Crippen LogP contribution in [0.1, 0.15) is 25.5 Å². The van der Waals surface area contributed by atoms with Crippen molar-refractivity contribution in [3.63, 3.8) is 0 Å². The van der Waals surface area contributed by atoms with Crippen molar-refractivity contribution in [2.45, 2.75) is 19.9 Å². The number of aliphatic carboxylic acids is 1. The molecule has 3 rings (SSSR count). The lowest BCUT2D eigenvalue weighted by Crippen LogP contribution is -2.59. The molecular formula is C23H21N3O9. The van der Waals surface area contributed by atoms with Gasteiger partial charge in [0, 0.05) is 38.7 Å². The SMILES string of the molecule is CC(=O)Oc1ccc(N2CCN(C(=O)NC(C(=O)O)c3ccccc3)C(=O)C2=O)cc1OC(C)=O. The molecule has 0 spiro atoms. The molecule has 0 aliphatic carbocycles. The number of ether oxygens (including phenoxy) is 2. The van der Waals surface area contributed by atoms with Crippen LogP contribution in [0.5, 0.6) is 11.5 Å². The van der Waals surface area contributed by atoms with Gasteiger partial charge in [0.15, 0.2) is 17.5 Å². The lowest BCUT2D eigenvalue weighted by atomic mass is 10.1. The minimum atomic E-state index is -1.43. The van der Waals surface area contributed by atoms with Crippen molar-refractivity contribution in [1.82, 2.24) is 10.2 Å². The number of esters is 2. The monoisotopic (exact) mass is 483 g/mol. The number of carbonyl (C=O) groups is 6. The molecule has 0 saturated carbocycles. The van der Waals surface area contributed by atoms with Gasteiger partial charge in [-0.05, 0) is 17.7 Å². The van der Waals surface area contributed by atoms with E-state index in [1.54, 1.807) is 18.2 Å². The molecule has 1 unspecified atom stereocenters. The van der Waals surface area contributed by atoms with E-state index in [1.165, 1.54) is 30.3 Å². The summed E-state index contributed by atoms with van der Waals surface area (Å²) in [6, 6.07) is 9.34. The number of piperazine rings is 1. The Balaban J connectivity index is 1.78. The van der Waals surface area contributed by atoms with Crippen molar-refractivity contribution >= 4 is 41.4 Å². The van der Waals surface area contributed by atoms with E-state index >= 15 is 0 Å². The molecule has 2 aromatic rings. The first-order valence-electron chi connectivity index (χ1n) is 10.3. The summed E-state index contributed by atoms with van der Waals surface area (Å²) in [4.78, 5) is 74.2. The maximum atomic E-state index is 12.8. The first-order valence-corrected chi connectivity index (χ1v) is 10.3. The third kappa shape index (κ3) is 5.79. The Kier molecular flexibility index (Phi) is 7.44. The second-order valence-corrected chi connectivity index (χ2v) is 7.36. The molecule has 0 aromatic heterocycles.